The van der Waals surface area contributed by atoms with Crippen LogP contribution in [-0.4, -0.2) is 83.6 Å². The van der Waals surface area contributed by atoms with Crippen molar-refractivity contribution in [3.05, 3.63) is 0 Å². The van der Waals surface area contributed by atoms with Gasteiger partial charge in [-0.3, -0.25) is 0 Å². The van der Waals surface area contributed by atoms with Gasteiger partial charge in [-0.15, -0.1) is 0 Å². The Kier molecular flexibility index (Phi) is 20.3. The molecule has 0 bridgehead atoms. The first-order valence-corrected chi connectivity index (χ1v) is 12.1. The van der Waals surface area contributed by atoms with E-state index < -0.39 is 0 Å². The van der Waals surface area contributed by atoms with E-state index in [0.717, 1.165) is 25.9 Å². The smallest absolute Gasteiger partial charge is 0.157 e. The van der Waals surface area contributed by atoms with Gasteiger partial charge in [0.15, 0.2) is 6.29 Å². The third kappa shape index (κ3) is 17.4. The molecule has 1 unspecified atom stereocenters. The van der Waals surface area contributed by atoms with Gasteiger partial charge in [0.1, 0.15) is 0 Å². The normalized spacial score (nSPS) is 18.0. The molecule has 1 N–H and O–H groups in total. The average molecular weight is 435 g/mol. The number of rotatable bonds is 22. The first kappa shape index (κ1) is 27.8. The molecule has 1 fully saturated rings. The second kappa shape index (κ2) is 21.9. The Morgan fingerprint density at radius 1 is 0.833 bits per heavy atom. The number of aliphatic hydroxyl groups is 1. The van der Waals surface area contributed by atoms with Crippen molar-refractivity contribution >= 4 is 0 Å². The van der Waals surface area contributed by atoms with Gasteiger partial charge in [-0.05, 0) is 25.7 Å². The second-order valence-electron chi connectivity index (χ2n) is 7.74. The lowest BCUT2D eigenvalue weighted by Crippen LogP contribution is -2.29. The Morgan fingerprint density at radius 2 is 1.50 bits per heavy atom. The van der Waals surface area contributed by atoms with Crippen molar-refractivity contribution in [2.75, 3.05) is 66.1 Å². The Hall–Kier alpha value is -0.280. The van der Waals surface area contributed by atoms with E-state index in [1.807, 2.05) is 0 Å². The molecule has 1 heterocycles. The first-order chi connectivity index (χ1) is 14.9. The third-order valence-corrected chi connectivity index (χ3v) is 5.05. The molecule has 1 aliphatic heterocycles. The van der Waals surface area contributed by atoms with Gasteiger partial charge in [0, 0.05) is 6.61 Å². The maximum Gasteiger partial charge on any atom is 0.157 e. The molecular formula is C23H46O7. The van der Waals surface area contributed by atoms with Crippen LogP contribution in [0, 0.1) is 0 Å². The Balaban J connectivity index is 2.07. The summed E-state index contributed by atoms with van der Waals surface area (Å²) >= 11 is 0. The lowest BCUT2D eigenvalue weighted by Gasteiger charge is -2.25. The standard InChI is InChI=1S/C23H46O7/c1-2-3-4-5-6-7-10-22(21-30-23-11-8-9-13-29-23)28-20-19-27-18-17-26-16-15-25-14-12-24/h22-24H,2-21H2,1H3/t22-,23?/m1/s1. The quantitative estimate of drug-likeness (QED) is 0.260. The third-order valence-electron chi connectivity index (χ3n) is 5.05. The van der Waals surface area contributed by atoms with Crippen LogP contribution in [0.15, 0.2) is 0 Å². The van der Waals surface area contributed by atoms with E-state index in [1.54, 1.807) is 0 Å². The lowest BCUT2D eigenvalue weighted by molar-refractivity contribution is -0.181. The van der Waals surface area contributed by atoms with Crippen LogP contribution in [0.5, 0.6) is 0 Å². The van der Waals surface area contributed by atoms with Crippen LogP contribution in [0.25, 0.3) is 0 Å². The lowest BCUT2D eigenvalue weighted by atomic mass is 10.1. The Labute approximate surface area is 183 Å². The van der Waals surface area contributed by atoms with E-state index in [1.165, 1.54) is 44.9 Å². The molecule has 180 valence electrons. The van der Waals surface area contributed by atoms with Crippen molar-refractivity contribution in [2.45, 2.75) is 83.5 Å². The molecule has 0 radical (unpaired) electrons. The zero-order chi connectivity index (χ0) is 21.5. The minimum atomic E-state index is -0.0656. The molecular weight excluding hydrogens is 388 g/mol. The zero-order valence-electron chi connectivity index (χ0n) is 19.2. The van der Waals surface area contributed by atoms with Crippen molar-refractivity contribution in [3.63, 3.8) is 0 Å². The fourth-order valence-corrected chi connectivity index (χ4v) is 3.30. The summed E-state index contributed by atoms with van der Waals surface area (Å²) in [7, 11) is 0. The number of hydrogen-bond acceptors (Lipinski definition) is 7. The Bertz CT molecular complexity index is 338. The number of aliphatic hydroxyl groups excluding tert-OH is 1. The summed E-state index contributed by atoms with van der Waals surface area (Å²) in [5, 5.41) is 8.61. The van der Waals surface area contributed by atoms with Gasteiger partial charge in [-0.2, -0.15) is 0 Å². The monoisotopic (exact) mass is 434 g/mol. The topological polar surface area (TPSA) is 75.6 Å². The van der Waals surface area contributed by atoms with Gasteiger partial charge < -0.3 is 33.5 Å². The van der Waals surface area contributed by atoms with Crippen molar-refractivity contribution in [3.8, 4) is 0 Å². The van der Waals surface area contributed by atoms with Gasteiger partial charge in [0.2, 0.25) is 0 Å². The summed E-state index contributed by atoms with van der Waals surface area (Å²) < 4.78 is 33.8. The van der Waals surface area contributed by atoms with Crippen molar-refractivity contribution in [2.24, 2.45) is 0 Å². The number of unbranched alkanes of at least 4 members (excludes halogenated alkanes) is 5. The molecule has 0 aromatic rings. The highest BCUT2D eigenvalue weighted by Gasteiger charge is 2.17. The molecule has 0 spiro atoms. The summed E-state index contributed by atoms with van der Waals surface area (Å²) in [6.45, 7) is 7.24. The summed E-state index contributed by atoms with van der Waals surface area (Å²) in [6, 6.07) is 0. The highest BCUT2D eigenvalue weighted by atomic mass is 16.7. The first-order valence-electron chi connectivity index (χ1n) is 12.1. The molecule has 0 aromatic heterocycles. The molecule has 1 saturated heterocycles. The van der Waals surface area contributed by atoms with Crippen LogP contribution >= 0.6 is 0 Å². The second-order valence-corrected chi connectivity index (χ2v) is 7.74. The van der Waals surface area contributed by atoms with Crippen molar-refractivity contribution in [1.29, 1.82) is 0 Å². The Morgan fingerprint density at radius 3 is 2.17 bits per heavy atom. The van der Waals surface area contributed by atoms with Crippen LogP contribution in [0.4, 0.5) is 0 Å². The van der Waals surface area contributed by atoms with Crippen LogP contribution in [0.3, 0.4) is 0 Å². The molecule has 7 nitrogen and oxygen atoms in total. The SMILES string of the molecule is CCCCCCCC[C@H](COC1CCCCO1)OCCOCCOCCOCCO. The molecule has 0 aromatic carbocycles. The van der Waals surface area contributed by atoms with E-state index in [2.05, 4.69) is 6.92 Å². The molecule has 1 aliphatic rings. The number of ether oxygens (including phenoxy) is 6. The largest absolute Gasteiger partial charge is 0.394 e. The van der Waals surface area contributed by atoms with E-state index in [0.29, 0.717) is 52.9 Å². The van der Waals surface area contributed by atoms with Crippen LogP contribution in [0.2, 0.25) is 0 Å². The summed E-state index contributed by atoms with van der Waals surface area (Å²) in [6.07, 6.45) is 12.0. The molecule has 0 amide bonds. The van der Waals surface area contributed by atoms with Gasteiger partial charge in [-0.1, -0.05) is 45.4 Å². The van der Waals surface area contributed by atoms with Gasteiger partial charge in [-0.25, -0.2) is 0 Å². The van der Waals surface area contributed by atoms with Gasteiger partial charge >= 0.3 is 0 Å². The zero-order valence-corrected chi connectivity index (χ0v) is 19.2. The molecule has 30 heavy (non-hydrogen) atoms. The summed E-state index contributed by atoms with van der Waals surface area (Å²) in [4.78, 5) is 0. The molecule has 7 heteroatoms. The number of hydrogen-bond donors (Lipinski definition) is 1. The van der Waals surface area contributed by atoms with E-state index >= 15 is 0 Å². The van der Waals surface area contributed by atoms with E-state index in [4.69, 9.17) is 33.5 Å². The van der Waals surface area contributed by atoms with Crippen LogP contribution in [0.1, 0.15) is 71.1 Å². The maximum absolute atomic E-state index is 8.61. The minimum absolute atomic E-state index is 0.0433. The van der Waals surface area contributed by atoms with Crippen LogP contribution < -0.4 is 0 Å². The highest BCUT2D eigenvalue weighted by Crippen LogP contribution is 2.16. The summed E-state index contributed by atoms with van der Waals surface area (Å²) in [5.41, 5.74) is 0. The molecule has 0 aliphatic carbocycles. The predicted molar refractivity (Wildman–Crippen MR) is 117 cm³/mol. The van der Waals surface area contributed by atoms with Gasteiger partial charge in [0.05, 0.1) is 65.6 Å². The van der Waals surface area contributed by atoms with E-state index in [-0.39, 0.29) is 19.0 Å². The van der Waals surface area contributed by atoms with E-state index in [9.17, 15) is 0 Å². The maximum atomic E-state index is 8.61. The van der Waals surface area contributed by atoms with Crippen molar-refractivity contribution < 1.29 is 33.5 Å². The fraction of sp³-hybridized carbons (Fsp3) is 1.00. The molecule has 2 atom stereocenters. The van der Waals surface area contributed by atoms with Gasteiger partial charge in [0.25, 0.3) is 0 Å². The average Bonchev–Trinajstić information content (AvgIpc) is 2.78. The highest BCUT2D eigenvalue weighted by molar-refractivity contribution is 4.61. The molecule has 1 rings (SSSR count). The van der Waals surface area contributed by atoms with Crippen molar-refractivity contribution in [1.82, 2.24) is 0 Å². The summed E-state index contributed by atoms with van der Waals surface area (Å²) in [5.74, 6) is 0. The fourth-order valence-electron chi connectivity index (χ4n) is 3.30. The predicted octanol–water partition coefficient (Wildman–Crippen LogP) is 3.71. The molecule has 0 saturated carbocycles. The minimum Gasteiger partial charge on any atom is -0.394 e. The van der Waals surface area contributed by atoms with Crippen LogP contribution in [-0.2, 0) is 28.4 Å².